The van der Waals surface area contributed by atoms with Crippen LogP contribution < -0.4 is 10.6 Å². The lowest BCUT2D eigenvalue weighted by Crippen LogP contribution is -2.38. The lowest BCUT2D eigenvalue weighted by Gasteiger charge is -2.19. The number of aliphatic imine (C=N–C) groups is 1. The third-order valence-electron chi connectivity index (χ3n) is 3.70. The topological polar surface area (TPSA) is 91.1 Å². The summed E-state index contributed by atoms with van der Waals surface area (Å²) in [6.45, 7) is 2.42. The Balaban J connectivity index is 1.60. The van der Waals surface area contributed by atoms with Crippen molar-refractivity contribution in [2.45, 2.75) is 19.5 Å². The molecule has 0 saturated heterocycles. The average molecular weight is 393 g/mol. The highest BCUT2D eigenvalue weighted by Gasteiger charge is 2.13. The van der Waals surface area contributed by atoms with Crippen LogP contribution in [0.5, 0.6) is 0 Å². The number of hydrogen-bond acceptors (Lipinski definition) is 4. The van der Waals surface area contributed by atoms with Crippen molar-refractivity contribution in [2.75, 3.05) is 7.05 Å². The first kappa shape index (κ1) is 18.3. The van der Waals surface area contributed by atoms with Crippen LogP contribution in [-0.4, -0.2) is 28.2 Å². The maximum absolute atomic E-state index is 6.26. The fraction of sp³-hybridized carbons (Fsp3) is 0.235. The molecule has 1 aromatic carbocycles. The first-order valence-corrected chi connectivity index (χ1v) is 8.69. The van der Waals surface area contributed by atoms with Crippen LogP contribution in [0.1, 0.15) is 24.4 Å². The van der Waals surface area contributed by atoms with Crippen molar-refractivity contribution in [3.63, 3.8) is 0 Å². The third kappa shape index (κ3) is 4.36. The van der Waals surface area contributed by atoms with E-state index in [0.29, 0.717) is 40.0 Å². The number of aromatic amines is 1. The Morgan fingerprint density at radius 3 is 2.88 bits per heavy atom. The van der Waals surface area contributed by atoms with E-state index in [-0.39, 0.29) is 6.04 Å². The molecule has 1 unspecified atom stereocenters. The lowest BCUT2D eigenvalue weighted by atomic mass is 10.1. The van der Waals surface area contributed by atoms with Crippen LogP contribution in [0.15, 0.2) is 46.0 Å². The molecule has 9 heteroatoms. The van der Waals surface area contributed by atoms with Crippen LogP contribution in [0.2, 0.25) is 10.0 Å². The number of halogens is 2. The van der Waals surface area contributed by atoms with Crippen molar-refractivity contribution in [3.05, 3.63) is 58.0 Å². The maximum atomic E-state index is 6.26. The standard InChI is InChI=1S/C17H18Cl2N6O/c1-10(12-6-5-11(18)8-13(12)19)22-17(20-2)21-9-15-23-16(25-24-15)14-4-3-7-26-14/h3-8,10H,9H2,1-2H3,(H2,20,21,22)(H,23,24,25). The van der Waals surface area contributed by atoms with Gasteiger partial charge in [-0.25, -0.2) is 4.98 Å². The van der Waals surface area contributed by atoms with Crippen molar-refractivity contribution in [1.29, 1.82) is 0 Å². The van der Waals surface area contributed by atoms with Crippen molar-refractivity contribution < 1.29 is 4.42 Å². The molecule has 2 heterocycles. The second-order valence-corrected chi connectivity index (χ2v) is 6.38. The fourth-order valence-corrected chi connectivity index (χ4v) is 2.96. The van der Waals surface area contributed by atoms with Gasteiger partial charge in [0.1, 0.15) is 5.82 Å². The summed E-state index contributed by atoms with van der Waals surface area (Å²) in [5.74, 6) is 2.40. The van der Waals surface area contributed by atoms with Crippen molar-refractivity contribution in [1.82, 2.24) is 25.8 Å². The van der Waals surface area contributed by atoms with Gasteiger partial charge < -0.3 is 15.1 Å². The van der Waals surface area contributed by atoms with E-state index in [1.165, 1.54) is 0 Å². The number of hydrogen-bond donors (Lipinski definition) is 3. The summed E-state index contributed by atoms with van der Waals surface area (Å²) in [5.41, 5.74) is 0.929. The third-order valence-corrected chi connectivity index (χ3v) is 4.26. The van der Waals surface area contributed by atoms with Crippen LogP contribution in [0.25, 0.3) is 11.6 Å². The van der Waals surface area contributed by atoms with Gasteiger partial charge in [-0.15, -0.1) is 5.10 Å². The zero-order valence-electron chi connectivity index (χ0n) is 14.3. The minimum atomic E-state index is -0.0561. The minimum absolute atomic E-state index is 0.0561. The molecule has 1 atom stereocenters. The number of rotatable bonds is 5. The molecule has 3 N–H and O–H groups in total. The van der Waals surface area contributed by atoms with Gasteiger partial charge in [0, 0.05) is 17.1 Å². The first-order chi connectivity index (χ1) is 12.6. The van der Waals surface area contributed by atoms with Crippen molar-refractivity contribution >= 4 is 29.2 Å². The second-order valence-electron chi connectivity index (χ2n) is 5.54. The summed E-state index contributed by atoms with van der Waals surface area (Å²) in [6, 6.07) is 8.96. The summed E-state index contributed by atoms with van der Waals surface area (Å²) in [5, 5.41) is 14.7. The largest absolute Gasteiger partial charge is 0.461 e. The SMILES string of the molecule is CN=C(NCc1nc(-c2ccco2)n[nH]1)NC(C)c1ccc(Cl)cc1Cl. The molecule has 0 aliphatic heterocycles. The molecule has 0 amide bonds. The molecular weight excluding hydrogens is 375 g/mol. The van der Waals surface area contributed by atoms with E-state index in [1.54, 1.807) is 31.5 Å². The second kappa shape index (κ2) is 8.25. The van der Waals surface area contributed by atoms with E-state index in [0.717, 1.165) is 5.56 Å². The Labute approximate surface area is 160 Å². The highest BCUT2D eigenvalue weighted by molar-refractivity contribution is 6.35. The Bertz CT molecular complexity index is 891. The van der Waals surface area contributed by atoms with E-state index in [2.05, 4.69) is 30.8 Å². The molecule has 136 valence electrons. The van der Waals surface area contributed by atoms with E-state index in [1.807, 2.05) is 19.1 Å². The molecule has 0 aliphatic carbocycles. The molecule has 0 saturated carbocycles. The summed E-state index contributed by atoms with van der Waals surface area (Å²) >= 11 is 12.2. The number of nitrogens with zero attached hydrogens (tertiary/aromatic N) is 3. The molecule has 2 aromatic heterocycles. The van der Waals surface area contributed by atoms with Gasteiger partial charge in [0.15, 0.2) is 11.7 Å². The van der Waals surface area contributed by atoms with E-state index in [9.17, 15) is 0 Å². The van der Waals surface area contributed by atoms with Crippen LogP contribution in [0.3, 0.4) is 0 Å². The monoisotopic (exact) mass is 392 g/mol. The zero-order valence-corrected chi connectivity index (χ0v) is 15.8. The zero-order chi connectivity index (χ0) is 18.5. The van der Waals surface area contributed by atoms with Gasteiger partial charge in [0.2, 0.25) is 5.82 Å². The number of guanidine groups is 1. The van der Waals surface area contributed by atoms with Crippen molar-refractivity contribution in [3.8, 4) is 11.6 Å². The molecule has 3 aromatic rings. The van der Waals surface area contributed by atoms with Gasteiger partial charge in [-0.2, -0.15) is 0 Å². The summed E-state index contributed by atoms with van der Waals surface area (Å²) in [4.78, 5) is 8.60. The smallest absolute Gasteiger partial charge is 0.216 e. The van der Waals surface area contributed by atoms with Gasteiger partial charge in [-0.05, 0) is 36.8 Å². The lowest BCUT2D eigenvalue weighted by molar-refractivity contribution is 0.577. The number of H-pyrrole nitrogens is 1. The van der Waals surface area contributed by atoms with Crippen LogP contribution in [-0.2, 0) is 6.54 Å². The highest BCUT2D eigenvalue weighted by atomic mass is 35.5. The number of furan rings is 1. The molecular formula is C17H18Cl2N6O. The molecule has 0 spiro atoms. The number of benzene rings is 1. The minimum Gasteiger partial charge on any atom is -0.461 e. The van der Waals surface area contributed by atoms with Gasteiger partial charge in [-0.3, -0.25) is 10.1 Å². The highest BCUT2D eigenvalue weighted by Crippen LogP contribution is 2.26. The molecule has 7 nitrogen and oxygen atoms in total. The molecule has 0 bridgehead atoms. The molecule has 0 radical (unpaired) electrons. The van der Waals surface area contributed by atoms with Gasteiger partial charge in [0.05, 0.1) is 18.8 Å². The Hall–Kier alpha value is -2.51. The summed E-state index contributed by atoms with van der Waals surface area (Å²) in [6.07, 6.45) is 1.58. The van der Waals surface area contributed by atoms with E-state index >= 15 is 0 Å². The van der Waals surface area contributed by atoms with Crippen LogP contribution in [0.4, 0.5) is 0 Å². The first-order valence-electron chi connectivity index (χ1n) is 7.94. The number of aromatic nitrogens is 3. The Morgan fingerprint density at radius 1 is 1.35 bits per heavy atom. The average Bonchev–Trinajstić information content (AvgIpc) is 3.29. The van der Waals surface area contributed by atoms with E-state index < -0.39 is 0 Å². The molecule has 0 aliphatic rings. The van der Waals surface area contributed by atoms with Gasteiger partial charge in [-0.1, -0.05) is 29.3 Å². The maximum Gasteiger partial charge on any atom is 0.216 e. The summed E-state index contributed by atoms with van der Waals surface area (Å²) < 4.78 is 5.28. The molecule has 0 fully saturated rings. The molecule has 26 heavy (non-hydrogen) atoms. The van der Waals surface area contributed by atoms with Crippen LogP contribution in [0, 0.1) is 0 Å². The Morgan fingerprint density at radius 2 is 2.19 bits per heavy atom. The normalized spacial score (nSPS) is 12.8. The molecule has 3 rings (SSSR count). The van der Waals surface area contributed by atoms with Crippen molar-refractivity contribution in [2.24, 2.45) is 4.99 Å². The fourth-order valence-electron chi connectivity index (χ4n) is 2.39. The van der Waals surface area contributed by atoms with Gasteiger partial charge >= 0.3 is 0 Å². The Kier molecular flexibility index (Phi) is 5.80. The number of nitrogens with one attached hydrogen (secondary N) is 3. The van der Waals surface area contributed by atoms with Gasteiger partial charge in [0.25, 0.3) is 0 Å². The predicted octanol–water partition coefficient (Wildman–Crippen LogP) is 3.80. The predicted molar refractivity (Wildman–Crippen MR) is 102 cm³/mol. The van der Waals surface area contributed by atoms with Crippen LogP contribution >= 0.6 is 23.2 Å². The summed E-state index contributed by atoms with van der Waals surface area (Å²) in [7, 11) is 1.69. The quantitative estimate of drug-likeness (QED) is 0.453. The van der Waals surface area contributed by atoms with E-state index in [4.69, 9.17) is 27.6 Å².